The van der Waals surface area contributed by atoms with E-state index in [0.717, 1.165) is 16.4 Å². The molecule has 2 N–H and O–H groups in total. The minimum atomic E-state index is -4.21. The largest absolute Gasteiger partial charge is 0.497 e. The second-order valence-corrected chi connectivity index (χ2v) is 8.44. The number of halogens is 2. The molecule has 0 aliphatic carbocycles. The highest BCUT2D eigenvalue weighted by Gasteiger charge is 2.32. The van der Waals surface area contributed by atoms with Crippen LogP contribution in [0.3, 0.4) is 0 Å². The second kappa shape index (κ2) is 8.72. The Labute approximate surface area is 177 Å². The molecule has 0 unspecified atom stereocenters. The Bertz CT molecular complexity index is 1190. The fraction of sp³-hybridized carbons (Fsp3) is 0.200. The van der Waals surface area contributed by atoms with Crippen LogP contribution in [0.15, 0.2) is 47.4 Å². The van der Waals surface area contributed by atoms with Gasteiger partial charge in [0.1, 0.15) is 28.8 Å². The third-order valence-corrected chi connectivity index (χ3v) is 6.50. The molecule has 1 amide bonds. The minimum absolute atomic E-state index is 0.0657. The number of hydrogen-bond acceptors (Lipinski definition) is 5. The van der Waals surface area contributed by atoms with Crippen LogP contribution < -0.4 is 14.4 Å². The number of carbonyl (C=O) groups is 1. The number of nitrogens with zero attached hydrogens (tertiary/aromatic N) is 2. The number of anilines is 2. The van der Waals surface area contributed by atoms with Crippen molar-refractivity contribution in [3.63, 3.8) is 0 Å². The topological polar surface area (TPSA) is 104 Å². The average Bonchev–Trinajstić information content (AvgIpc) is 3.07. The molecule has 8 nitrogen and oxygen atoms in total. The quantitative estimate of drug-likeness (QED) is 0.576. The molecule has 3 rings (SSSR count). The van der Waals surface area contributed by atoms with Crippen molar-refractivity contribution in [2.45, 2.75) is 18.7 Å². The Kier molecular flexibility index (Phi) is 6.25. The second-order valence-electron chi connectivity index (χ2n) is 6.65. The van der Waals surface area contributed by atoms with E-state index >= 15 is 0 Å². The molecule has 0 saturated carbocycles. The van der Waals surface area contributed by atoms with Gasteiger partial charge in [-0.3, -0.25) is 14.2 Å². The first-order valence-corrected chi connectivity index (χ1v) is 10.5. The van der Waals surface area contributed by atoms with Gasteiger partial charge in [-0.05, 0) is 50.2 Å². The molecule has 1 heterocycles. The number of nitrogens with one attached hydrogen (secondary N) is 2. The number of hydrogen-bond donors (Lipinski definition) is 2. The number of aromatic nitrogens is 2. The summed E-state index contributed by atoms with van der Waals surface area (Å²) in [4.78, 5) is 12.6. The highest BCUT2D eigenvalue weighted by molar-refractivity contribution is 7.93. The van der Waals surface area contributed by atoms with Gasteiger partial charge >= 0.3 is 0 Å². The Hall–Kier alpha value is -3.47. The first kappa shape index (κ1) is 22.2. The van der Waals surface area contributed by atoms with Gasteiger partial charge in [0.15, 0.2) is 0 Å². The average molecular weight is 450 g/mol. The molecule has 0 fully saturated rings. The van der Waals surface area contributed by atoms with Crippen molar-refractivity contribution in [2.75, 3.05) is 23.3 Å². The van der Waals surface area contributed by atoms with Gasteiger partial charge in [0, 0.05) is 6.07 Å². The lowest BCUT2D eigenvalue weighted by Gasteiger charge is -2.24. The van der Waals surface area contributed by atoms with Gasteiger partial charge in [-0.25, -0.2) is 17.2 Å². The number of rotatable bonds is 7. The lowest BCUT2D eigenvalue weighted by atomic mass is 10.3. The number of carbonyl (C=O) groups excluding carboxylic acids is 1. The first-order valence-electron chi connectivity index (χ1n) is 9.06. The van der Waals surface area contributed by atoms with E-state index in [4.69, 9.17) is 4.74 Å². The maximum atomic E-state index is 13.9. The molecule has 0 saturated heterocycles. The summed E-state index contributed by atoms with van der Waals surface area (Å²) in [5, 5.41) is 8.80. The third-order valence-electron chi connectivity index (χ3n) is 4.46. The van der Waals surface area contributed by atoms with E-state index in [1.807, 2.05) is 0 Å². The first-order chi connectivity index (χ1) is 14.6. The van der Waals surface area contributed by atoms with Crippen LogP contribution in [0.4, 0.5) is 20.2 Å². The molecule has 0 aliphatic heterocycles. The van der Waals surface area contributed by atoms with Crippen LogP contribution in [0.5, 0.6) is 5.75 Å². The van der Waals surface area contributed by atoms with Gasteiger partial charge in [0.2, 0.25) is 5.91 Å². The summed E-state index contributed by atoms with van der Waals surface area (Å²) < 4.78 is 59.8. The monoisotopic (exact) mass is 450 g/mol. The van der Waals surface area contributed by atoms with Crippen molar-refractivity contribution in [3.05, 3.63) is 65.5 Å². The zero-order valence-electron chi connectivity index (χ0n) is 16.9. The van der Waals surface area contributed by atoms with Crippen molar-refractivity contribution < 1.29 is 26.7 Å². The zero-order valence-corrected chi connectivity index (χ0v) is 17.8. The number of benzene rings is 2. The number of methoxy groups -OCH3 is 1. The molecule has 0 aliphatic rings. The third kappa shape index (κ3) is 4.66. The molecule has 31 heavy (non-hydrogen) atoms. The number of H-pyrrole nitrogens is 1. The summed E-state index contributed by atoms with van der Waals surface area (Å²) in [7, 11) is -2.75. The fourth-order valence-electron chi connectivity index (χ4n) is 3.01. The van der Waals surface area contributed by atoms with Gasteiger partial charge in [0.05, 0.1) is 29.9 Å². The van der Waals surface area contributed by atoms with E-state index in [2.05, 4.69) is 15.5 Å². The Morgan fingerprint density at radius 2 is 1.84 bits per heavy atom. The van der Waals surface area contributed by atoms with E-state index in [9.17, 15) is 22.0 Å². The van der Waals surface area contributed by atoms with Crippen LogP contribution in [-0.2, 0) is 14.8 Å². The van der Waals surface area contributed by atoms with Crippen molar-refractivity contribution in [1.82, 2.24) is 10.2 Å². The summed E-state index contributed by atoms with van der Waals surface area (Å²) in [5.41, 5.74) is 0.465. The molecule has 2 aromatic carbocycles. The van der Waals surface area contributed by atoms with Crippen LogP contribution in [0.25, 0.3) is 0 Å². The molecule has 164 valence electrons. The predicted octanol–water partition coefficient (Wildman–Crippen LogP) is 3.15. The van der Waals surface area contributed by atoms with E-state index in [0.29, 0.717) is 17.5 Å². The molecule has 0 bridgehead atoms. The number of aromatic amines is 1. The molecular weight excluding hydrogens is 430 g/mol. The maximum Gasteiger partial charge on any atom is 0.268 e. The molecular formula is C20H20F2N4O4S. The van der Waals surface area contributed by atoms with Crippen molar-refractivity contribution >= 4 is 27.3 Å². The van der Waals surface area contributed by atoms with Crippen LogP contribution in [-0.4, -0.2) is 38.2 Å². The van der Waals surface area contributed by atoms with E-state index < -0.39 is 34.1 Å². The SMILES string of the molecule is COc1ccc(N(CC(=O)Nc2ccc(F)cc2F)S(=O)(=O)c2c(C)n[nH]c2C)cc1. The number of sulfonamides is 1. The molecule has 0 atom stereocenters. The molecule has 3 aromatic rings. The van der Waals surface area contributed by atoms with Gasteiger partial charge in [-0.15, -0.1) is 0 Å². The lowest BCUT2D eigenvalue weighted by Crippen LogP contribution is -2.38. The minimum Gasteiger partial charge on any atom is -0.497 e. The zero-order chi connectivity index (χ0) is 22.8. The smallest absolute Gasteiger partial charge is 0.268 e. The van der Waals surface area contributed by atoms with Gasteiger partial charge in [0.25, 0.3) is 10.0 Å². The summed E-state index contributed by atoms with van der Waals surface area (Å²) in [5.74, 6) is -2.10. The fourth-order valence-corrected chi connectivity index (χ4v) is 4.76. The highest BCUT2D eigenvalue weighted by atomic mass is 32.2. The molecule has 0 spiro atoms. The number of amides is 1. The highest BCUT2D eigenvalue weighted by Crippen LogP contribution is 2.28. The molecule has 11 heteroatoms. The number of aryl methyl sites for hydroxylation is 2. The van der Waals surface area contributed by atoms with Crippen LogP contribution >= 0.6 is 0 Å². The van der Waals surface area contributed by atoms with Gasteiger partial charge < -0.3 is 10.1 Å². The molecule has 1 aromatic heterocycles. The predicted molar refractivity (Wildman–Crippen MR) is 111 cm³/mol. The summed E-state index contributed by atoms with van der Waals surface area (Å²) in [6.45, 7) is 2.42. The van der Waals surface area contributed by atoms with Crippen molar-refractivity contribution in [3.8, 4) is 5.75 Å². The Balaban J connectivity index is 1.98. The Morgan fingerprint density at radius 3 is 2.39 bits per heavy atom. The van der Waals surface area contributed by atoms with E-state index in [1.165, 1.54) is 26.2 Å². The number of ether oxygens (including phenoxy) is 1. The van der Waals surface area contributed by atoms with E-state index in [-0.39, 0.29) is 22.0 Å². The summed E-state index contributed by atoms with van der Waals surface area (Å²) in [6, 6.07) is 8.70. The van der Waals surface area contributed by atoms with Gasteiger partial charge in [-0.2, -0.15) is 5.10 Å². The van der Waals surface area contributed by atoms with Gasteiger partial charge in [-0.1, -0.05) is 0 Å². The normalized spacial score (nSPS) is 11.3. The van der Waals surface area contributed by atoms with Crippen LogP contribution in [0.1, 0.15) is 11.4 Å². The summed E-state index contributed by atoms with van der Waals surface area (Å²) >= 11 is 0. The van der Waals surface area contributed by atoms with Crippen molar-refractivity contribution in [1.29, 1.82) is 0 Å². The van der Waals surface area contributed by atoms with E-state index in [1.54, 1.807) is 19.1 Å². The maximum absolute atomic E-state index is 13.9. The lowest BCUT2D eigenvalue weighted by molar-refractivity contribution is -0.114. The Morgan fingerprint density at radius 1 is 1.16 bits per heavy atom. The standard InChI is InChI=1S/C20H20F2N4O4S/c1-12-20(13(2)25-24-12)31(28,29)26(15-5-7-16(30-3)8-6-15)11-19(27)23-18-9-4-14(21)10-17(18)22/h4-10H,11H2,1-3H3,(H,23,27)(H,24,25). The van der Waals surface area contributed by atoms with Crippen LogP contribution in [0.2, 0.25) is 0 Å². The van der Waals surface area contributed by atoms with Crippen LogP contribution in [0, 0.1) is 25.5 Å². The van der Waals surface area contributed by atoms with Crippen molar-refractivity contribution in [2.24, 2.45) is 0 Å². The summed E-state index contributed by atoms with van der Waals surface area (Å²) in [6.07, 6.45) is 0. The molecule has 0 radical (unpaired) electrons.